The Morgan fingerprint density at radius 3 is 3.05 bits per heavy atom. The van der Waals surface area contributed by atoms with Crippen LogP contribution in [0.25, 0.3) is 5.78 Å². The van der Waals surface area contributed by atoms with Crippen molar-refractivity contribution in [2.75, 3.05) is 0 Å². The number of hydrogen-bond donors (Lipinski definition) is 0. The minimum atomic E-state index is 0.750. The van der Waals surface area contributed by atoms with Crippen LogP contribution in [0.4, 0.5) is 5.69 Å². The topological polar surface area (TPSA) is 42.5 Å². The average molecular weight is 280 g/mol. The van der Waals surface area contributed by atoms with Gasteiger partial charge in [0.05, 0.1) is 16.4 Å². The molecule has 1 aliphatic heterocycles. The predicted molar refractivity (Wildman–Crippen MR) is 81.5 cm³/mol. The summed E-state index contributed by atoms with van der Waals surface area (Å²) >= 11 is 1.76. The molecule has 0 fully saturated rings. The molecule has 0 aliphatic carbocycles. The Kier molecular flexibility index (Phi) is 2.77. The summed E-state index contributed by atoms with van der Waals surface area (Å²) in [4.78, 5) is 13.4. The summed E-state index contributed by atoms with van der Waals surface area (Å²) in [5, 5.41) is 1.16. The van der Waals surface area contributed by atoms with E-state index in [2.05, 4.69) is 33.2 Å². The Morgan fingerprint density at radius 1 is 1.20 bits per heavy atom. The minimum Gasteiger partial charge on any atom is -0.291 e. The first-order valence-electron chi connectivity index (χ1n) is 6.45. The smallest absolute Gasteiger partial charge is 0.233 e. The second kappa shape index (κ2) is 4.76. The Morgan fingerprint density at radius 2 is 2.15 bits per heavy atom. The summed E-state index contributed by atoms with van der Waals surface area (Å²) in [6, 6.07) is 10.2. The quantitative estimate of drug-likeness (QED) is 0.723. The first-order chi connectivity index (χ1) is 9.88. The first kappa shape index (κ1) is 11.7. The summed E-state index contributed by atoms with van der Waals surface area (Å²) in [5.74, 6) is 1.58. The van der Waals surface area contributed by atoms with Crippen LogP contribution < -0.4 is 0 Å². The fourth-order valence-electron chi connectivity index (χ4n) is 2.30. The van der Waals surface area contributed by atoms with E-state index in [9.17, 15) is 0 Å². The summed E-state index contributed by atoms with van der Waals surface area (Å²) in [6.45, 7) is 0. The van der Waals surface area contributed by atoms with Gasteiger partial charge < -0.3 is 0 Å². The molecule has 5 heteroatoms. The Bertz CT molecular complexity index is 773. The molecule has 98 valence electrons. The van der Waals surface area contributed by atoms with E-state index in [1.54, 1.807) is 18.0 Å². The summed E-state index contributed by atoms with van der Waals surface area (Å²) in [5.41, 5.74) is 3.45. The van der Waals surface area contributed by atoms with Crippen LogP contribution in [0.15, 0.2) is 53.9 Å². The third kappa shape index (κ3) is 2.10. The number of imidazole rings is 1. The van der Waals surface area contributed by atoms with Crippen LogP contribution in [0.2, 0.25) is 0 Å². The van der Waals surface area contributed by atoms with Crippen molar-refractivity contribution < 1.29 is 0 Å². The lowest BCUT2D eigenvalue weighted by molar-refractivity contribution is 1.11. The van der Waals surface area contributed by atoms with Gasteiger partial charge in [0.1, 0.15) is 0 Å². The molecule has 4 rings (SSSR count). The Balaban J connectivity index is 1.49. The zero-order chi connectivity index (χ0) is 13.4. The van der Waals surface area contributed by atoms with E-state index in [0.29, 0.717) is 0 Å². The fourth-order valence-corrected chi connectivity index (χ4v) is 3.17. The van der Waals surface area contributed by atoms with E-state index in [4.69, 9.17) is 0 Å². The Labute approximate surface area is 120 Å². The molecule has 1 aromatic carbocycles. The third-order valence-corrected chi connectivity index (χ3v) is 4.26. The lowest BCUT2D eigenvalue weighted by atomic mass is 10.2. The van der Waals surface area contributed by atoms with Gasteiger partial charge in [0.15, 0.2) is 0 Å². The normalized spacial score (nSPS) is 13.5. The van der Waals surface area contributed by atoms with Crippen LogP contribution >= 0.6 is 11.8 Å². The van der Waals surface area contributed by atoms with Gasteiger partial charge in [-0.1, -0.05) is 18.2 Å². The SMILES string of the molecule is c1ccc2c(c1)CC(SCc1cn3cccnc3n1)=N2. The van der Waals surface area contributed by atoms with E-state index in [-0.39, 0.29) is 0 Å². The second-order valence-electron chi connectivity index (χ2n) is 4.66. The van der Waals surface area contributed by atoms with Crippen molar-refractivity contribution in [3.8, 4) is 0 Å². The highest BCUT2D eigenvalue weighted by Crippen LogP contribution is 2.30. The standard InChI is InChI=1S/C15H12N4S/c1-2-5-13-11(4-1)8-14(18-13)20-10-12-9-19-7-3-6-16-15(19)17-12/h1-7,9H,8,10H2. The molecule has 0 bridgehead atoms. The molecular weight excluding hydrogens is 268 g/mol. The lowest BCUT2D eigenvalue weighted by Crippen LogP contribution is -1.93. The van der Waals surface area contributed by atoms with Gasteiger partial charge in [-0.25, -0.2) is 15.0 Å². The summed E-state index contributed by atoms with van der Waals surface area (Å²) < 4.78 is 1.95. The maximum atomic E-state index is 4.65. The van der Waals surface area contributed by atoms with Gasteiger partial charge in [-0.05, 0) is 17.7 Å². The van der Waals surface area contributed by atoms with E-state index in [1.807, 2.05) is 28.9 Å². The molecule has 0 saturated heterocycles. The molecule has 3 aromatic rings. The molecule has 1 aliphatic rings. The molecule has 0 radical (unpaired) electrons. The van der Waals surface area contributed by atoms with Crippen molar-refractivity contribution in [2.45, 2.75) is 12.2 Å². The fraction of sp³-hybridized carbons (Fsp3) is 0.133. The molecule has 0 atom stereocenters. The van der Waals surface area contributed by atoms with Gasteiger partial charge in [-0.15, -0.1) is 11.8 Å². The van der Waals surface area contributed by atoms with Crippen LogP contribution in [0.1, 0.15) is 11.3 Å². The van der Waals surface area contributed by atoms with Gasteiger partial charge in [0.2, 0.25) is 5.78 Å². The van der Waals surface area contributed by atoms with Crippen molar-refractivity contribution in [3.63, 3.8) is 0 Å². The van der Waals surface area contributed by atoms with Gasteiger partial charge in [-0.2, -0.15) is 0 Å². The zero-order valence-corrected chi connectivity index (χ0v) is 11.5. The van der Waals surface area contributed by atoms with Gasteiger partial charge in [0, 0.05) is 30.8 Å². The number of fused-ring (bicyclic) bond motifs is 2. The number of para-hydroxylation sites is 1. The monoisotopic (exact) mass is 280 g/mol. The van der Waals surface area contributed by atoms with E-state index in [0.717, 1.165) is 34.4 Å². The molecule has 0 saturated carbocycles. The average Bonchev–Trinajstić information content (AvgIpc) is 3.07. The van der Waals surface area contributed by atoms with E-state index < -0.39 is 0 Å². The van der Waals surface area contributed by atoms with Gasteiger partial charge in [-0.3, -0.25) is 4.40 Å². The summed E-state index contributed by atoms with van der Waals surface area (Å²) in [6.07, 6.45) is 6.69. The predicted octanol–water partition coefficient (Wildman–Crippen LogP) is 3.25. The highest BCUT2D eigenvalue weighted by molar-refractivity contribution is 8.13. The lowest BCUT2D eigenvalue weighted by Gasteiger charge is -1.96. The van der Waals surface area contributed by atoms with E-state index in [1.165, 1.54) is 5.56 Å². The molecule has 4 nitrogen and oxygen atoms in total. The maximum Gasteiger partial charge on any atom is 0.233 e. The third-order valence-electron chi connectivity index (χ3n) is 3.25. The van der Waals surface area contributed by atoms with Crippen LogP contribution in [0.5, 0.6) is 0 Å². The van der Waals surface area contributed by atoms with Crippen LogP contribution in [-0.2, 0) is 12.2 Å². The maximum absolute atomic E-state index is 4.65. The van der Waals surface area contributed by atoms with E-state index >= 15 is 0 Å². The molecular formula is C15H12N4S. The van der Waals surface area contributed by atoms with Crippen molar-refractivity contribution in [3.05, 3.63) is 60.2 Å². The van der Waals surface area contributed by atoms with Crippen molar-refractivity contribution in [1.82, 2.24) is 14.4 Å². The minimum absolute atomic E-state index is 0.750. The Hall–Kier alpha value is -2.14. The highest BCUT2D eigenvalue weighted by atomic mass is 32.2. The molecule has 0 N–H and O–H groups in total. The highest BCUT2D eigenvalue weighted by Gasteiger charge is 2.14. The number of aliphatic imine (C=N–C) groups is 1. The van der Waals surface area contributed by atoms with Crippen molar-refractivity contribution >= 4 is 28.3 Å². The number of nitrogens with zero attached hydrogens (tertiary/aromatic N) is 4. The number of thioether (sulfide) groups is 1. The number of aromatic nitrogens is 3. The second-order valence-corrected chi connectivity index (χ2v) is 5.71. The van der Waals surface area contributed by atoms with Crippen molar-refractivity contribution in [2.24, 2.45) is 4.99 Å². The molecule has 2 aromatic heterocycles. The van der Waals surface area contributed by atoms with Crippen LogP contribution in [-0.4, -0.2) is 19.4 Å². The van der Waals surface area contributed by atoms with Gasteiger partial charge in [0.25, 0.3) is 0 Å². The zero-order valence-electron chi connectivity index (χ0n) is 10.7. The largest absolute Gasteiger partial charge is 0.291 e. The molecule has 0 amide bonds. The molecule has 3 heterocycles. The number of rotatable bonds is 2. The molecule has 0 spiro atoms. The summed E-state index contributed by atoms with van der Waals surface area (Å²) in [7, 11) is 0. The molecule has 0 unspecified atom stereocenters. The first-order valence-corrected chi connectivity index (χ1v) is 7.44. The van der Waals surface area contributed by atoms with Gasteiger partial charge >= 0.3 is 0 Å². The number of benzene rings is 1. The molecule has 20 heavy (non-hydrogen) atoms. The van der Waals surface area contributed by atoms with Crippen LogP contribution in [0, 0.1) is 0 Å². The van der Waals surface area contributed by atoms with Crippen LogP contribution in [0.3, 0.4) is 0 Å². The number of hydrogen-bond acceptors (Lipinski definition) is 4. The van der Waals surface area contributed by atoms with Crippen molar-refractivity contribution in [1.29, 1.82) is 0 Å².